The third-order valence-corrected chi connectivity index (χ3v) is 3.62. The van der Waals surface area contributed by atoms with Crippen LogP contribution < -0.4 is 0 Å². The largest absolute Gasteiger partial charge is 0.479 e. The van der Waals surface area contributed by atoms with Crippen LogP contribution in [-0.2, 0) is 9.53 Å². The molecule has 1 aliphatic heterocycles. The van der Waals surface area contributed by atoms with E-state index in [4.69, 9.17) is 9.84 Å². The van der Waals surface area contributed by atoms with E-state index in [1.54, 1.807) is 20.8 Å². The lowest BCUT2D eigenvalue weighted by Gasteiger charge is -2.24. The van der Waals surface area contributed by atoms with Crippen LogP contribution in [0.5, 0.6) is 0 Å². The monoisotopic (exact) mass is 273 g/mol. The number of carboxylic acid groups (broad SMARTS) is 1. The average molecular weight is 273 g/mol. The maximum absolute atomic E-state index is 14.6. The molecule has 6 heteroatoms. The molecule has 2 unspecified atom stereocenters. The van der Waals surface area contributed by atoms with Crippen molar-refractivity contribution in [1.82, 2.24) is 4.90 Å². The average Bonchev–Trinajstić information content (AvgIpc) is 3.00. The van der Waals surface area contributed by atoms with E-state index in [0.717, 1.165) is 12.8 Å². The number of aliphatic carboxylic acids is 1. The van der Waals surface area contributed by atoms with E-state index in [0.29, 0.717) is 0 Å². The molecular formula is C13H20FNO4. The number of nitrogens with zero attached hydrogens (tertiary/aromatic N) is 1. The molecule has 1 heterocycles. The van der Waals surface area contributed by atoms with Crippen LogP contribution in [0.1, 0.15) is 33.6 Å². The second-order valence-corrected chi connectivity index (χ2v) is 6.47. The molecule has 0 aromatic carbocycles. The highest BCUT2D eigenvalue weighted by molar-refractivity contribution is 5.81. The van der Waals surface area contributed by atoms with Gasteiger partial charge in [0.15, 0.2) is 0 Å². The molecule has 5 nitrogen and oxygen atoms in total. The molecule has 0 aromatic rings. The molecular weight excluding hydrogens is 253 g/mol. The van der Waals surface area contributed by atoms with E-state index in [2.05, 4.69) is 0 Å². The number of halogens is 1. The maximum Gasteiger partial charge on any atom is 0.410 e. The standard InChI is InChI=1S/C13H20FNO4/c1-12(2,3)19-11(18)15-6-9(8-4-5-8)13(14,7-15)10(16)17/h8-9H,4-7H2,1-3H3,(H,16,17). The summed E-state index contributed by atoms with van der Waals surface area (Å²) in [6.45, 7) is 4.87. The van der Waals surface area contributed by atoms with Crippen molar-refractivity contribution in [3.63, 3.8) is 0 Å². The summed E-state index contributed by atoms with van der Waals surface area (Å²) >= 11 is 0. The number of carbonyl (C=O) groups excluding carboxylic acids is 1. The Labute approximate surface area is 111 Å². The van der Waals surface area contributed by atoms with Gasteiger partial charge in [-0.25, -0.2) is 14.0 Å². The van der Waals surface area contributed by atoms with Gasteiger partial charge >= 0.3 is 12.1 Å². The van der Waals surface area contributed by atoms with E-state index in [1.807, 2.05) is 0 Å². The van der Waals surface area contributed by atoms with Crippen molar-refractivity contribution in [2.24, 2.45) is 11.8 Å². The number of ether oxygens (including phenoxy) is 1. The summed E-state index contributed by atoms with van der Waals surface area (Å²) in [5, 5.41) is 9.10. The van der Waals surface area contributed by atoms with Gasteiger partial charge in [-0.2, -0.15) is 0 Å². The number of carbonyl (C=O) groups is 2. The second kappa shape index (κ2) is 4.35. The number of alkyl halides is 1. The molecule has 2 fully saturated rings. The van der Waals surface area contributed by atoms with Crippen LogP contribution >= 0.6 is 0 Å². The molecule has 0 radical (unpaired) electrons. The molecule has 0 aromatic heterocycles. The lowest BCUT2D eigenvalue weighted by molar-refractivity contribution is -0.153. The van der Waals surface area contributed by atoms with Gasteiger partial charge in [-0.3, -0.25) is 0 Å². The predicted molar refractivity (Wildman–Crippen MR) is 65.5 cm³/mol. The van der Waals surface area contributed by atoms with Crippen molar-refractivity contribution in [3.05, 3.63) is 0 Å². The first-order valence-electron chi connectivity index (χ1n) is 6.54. The first-order valence-corrected chi connectivity index (χ1v) is 6.54. The van der Waals surface area contributed by atoms with E-state index in [-0.39, 0.29) is 12.5 Å². The highest BCUT2D eigenvalue weighted by atomic mass is 19.1. The molecule has 1 N–H and O–H groups in total. The first kappa shape index (κ1) is 14.1. The third kappa shape index (κ3) is 2.82. The number of hydrogen-bond acceptors (Lipinski definition) is 3. The lowest BCUT2D eigenvalue weighted by Crippen LogP contribution is -2.43. The quantitative estimate of drug-likeness (QED) is 0.836. The predicted octanol–water partition coefficient (Wildman–Crippen LogP) is 2.06. The SMILES string of the molecule is CC(C)(C)OC(=O)N1CC(C2CC2)C(F)(C(=O)O)C1. The van der Waals surface area contributed by atoms with E-state index in [1.165, 1.54) is 4.90 Å². The lowest BCUT2D eigenvalue weighted by atomic mass is 9.89. The highest BCUT2D eigenvalue weighted by Crippen LogP contribution is 2.47. The van der Waals surface area contributed by atoms with Gasteiger partial charge in [0.05, 0.1) is 6.54 Å². The van der Waals surface area contributed by atoms with Crippen molar-refractivity contribution in [2.45, 2.75) is 44.9 Å². The van der Waals surface area contributed by atoms with Crippen LogP contribution in [0.4, 0.5) is 9.18 Å². The summed E-state index contributed by atoms with van der Waals surface area (Å²) in [5.74, 6) is -2.01. The zero-order valence-electron chi connectivity index (χ0n) is 11.5. The minimum atomic E-state index is -2.34. The smallest absolute Gasteiger partial charge is 0.410 e. The number of carboxylic acids is 1. The Hall–Kier alpha value is -1.33. The zero-order chi connectivity index (χ0) is 14.4. The maximum atomic E-state index is 14.6. The van der Waals surface area contributed by atoms with Crippen LogP contribution in [0.3, 0.4) is 0 Å². The summed E-state index contributed by atoms with van der Waals surface area (Å²) in [5.41, 5.74) is -3.00. The van der Waals surface area contributed by atoms with Crippen molar-refractivity contribution in [3.8, 4) is 0 Å². The fourth-order valence-corrected chi connectivity index (χ4v) is 2.55. The van der Waals surface area contributed by atoms with Crippen molar-refractivity contribution < 1.29 is 23.8 Å². The Bertz CT molecular complexity index is 402. The van der Waals surface area contributed by atoms with Gasteiger partial charge in [0.2, 0.25) is 5.67 Å². The van der Waals surface area contributed by atoms with Gasteiger partial charge in [0.1, 0.15) is 5.60 Å². The van der Waals surface area contributed by atoms with Gasteiger partial charge in [0.25, 0.3) is 0 Å². The Morgan fingerprint density at radius 3 is 2.37 bits per heavy atom. The van der Waals surface area contributed by atoms with E-state index < -0.39 is 35.8 Å². The van der Waals surface area contributed by atoms with E-state index >= 15 is 0 Å². The van der Waals surface area contributed by atoms with Gasteiger partial charge in [-0.05, 0) is 39.5 Å². The second-order valence-electron chi connectivity index (χ2n) is 6.47. The molecule has 2 aliphatic rings. The van der Waals surface area contributed by atoms with Gasteiger partial charge < -0.3 is 14.7 Å². The Morgan fingerprint density at radius 1 is 1.37 bits per heavy atom. The Morgan fingerprint density at radius 2 is 1.95 bits per heavy atom. The summed E-state index contributed by atoms with van der Waals surface area (Å²) < 4.78 is 19.8. The first-order chi connectivity index (χ1) is 8.63. The molecule has 0 spiro atoms. The fourth-order valence-electron chi connectivity index (χ4n) is 2.55. The molecule has 19 heavy (non-hydrogen) atoms. The van der Waals surface area contributed by atoms with Crippen LogP contribution in [0.2, 0.25) is 0 Å². The molecule has 2 atom stereocenters. The molecule has 1 amide bonds. The van der Waals surface area contributed by atoms with Gasteiger partial charge in [-0.15, -0.1) is 0 Å². The van der Waals surface area contributed by atoms with Crippen molar-refractivity contribution in [1.29, 1.82) is 0 Å². The van der Waals surface area contributed by atoms with Gasteiger partial charge in [-0.1, -0.05) is 0 Å². The minimum absolute atomic E-state index is 0.0773. The number of amides is 1. The Kier molecular flexibility index (Phi) is 3.23. The molecule has 108 valence electrons. The van der Waals surface area contributed by atoms with Crippen LogP contribution in [0, 0.1) is 11.8 Å². The highest BCUT2D eigenvalue weighted by Gasteiger charge is 2.59. The Balaban J connectivity index is 2.10. The number of likely N-dealkylation sites (tertiary alicyclic amines) is 1. The van der Waals surface area contributed by atoms with Crippen molar-refractivity contribution in [2.75, 3.05) is 13.1 Å². The fraction of sp³-hybridized carbons (Fsp3) is 0.846. The van der Waals surface area contributed by atoms with Gasteiger partial charge in [0, 0.05) is 12.5 Å². The molecule has 1 saturated carbocycles. The molecule has 0 bridgehead atoms. The summed E-state index contributed by atoms with van der Waals surface area (Å²) in [6.07, 6.45) is 1.04. The molecule has 1 aliphatic carbocycles. The molecule has 1 saturated heterocycles. The minimum Gasteiger partial charge on any atom is -0.479 e. The molecule has 2 rings (SSSR count). The van der Waals surface area contributed by atoms with Crippen LogP contribution in [0.25, 0.3) is 0 Å². The third-order valence-electron chi connectivity index (χ3n) is 3.62. The zero-order valence-corrected chi connectivity index (χ0v) is 11.5. The summed E-state index contributed by atoms with van der Waals surface area (Å²) in [7, 11) is 0. The summed E-state index contributed by atoms with van der Waals surface area (Å²) in [4.78, 5) is 24.3. The normalized spacial score (nSPS) is 31.4. The van der Waals surface area contributed by atoms with E-state index in [9.17, 15) is 14.0 Å². The number of rotatable bonds is 2. The van der Waals surface area contributed by atoms with Crippen LogP contribution in [-0.4, -0.2) is 46.4 Å². The summed E-state index contributed by atoms with van der Waals surface area (Å²) in [6, 6.07) is 0. The number of hydrogen-bond donors (Lipinski definition) is 1. The van der Waals surface area contributed by atoms with Crippen molar-refractivity contribution >= 4 is 12.1 Å². The topological polar surface area (TPSA) is 66.8 Å². The van der Waals surface area contributed by atoms with Crippen LogP contribution in [0.15, 0.2) is 0 Å².